The topological polar surface area (TPSA) is 52.6 Å². The Balaban J connectivity index is 1.82. The quantitative estimate of drug-likeness (QED) is 0.573. The van der Waals surface area contributed by atoms with Crippen molar-refractivity contribution < 1.29 is 14.2 Å². The van der Waals surface area contributed by atoms with Crippen LogP contribution in [-0.4, -0.2) is 26.3 Å². The van der Waals surface area contributed by atoms with Gasteiger partial charge in [-0.05, 0) is 65.1 Å². The molecule has 2 aromatic heterocycles. The number of aryl methyl sites for hydroxylation is 1. The number of nitrogens with one attached hydrogen (secondary N) is 1. The molecule has 3 rings (SSSR count). The van der Waals surface area contributed by atoms with Crippen LogP contribution in [0.1, 0.15) is 28.4 Å². The number of hydrogen-bond acceptors (Lipinski definition) is 6. The van der Waals surface area contributed by atoms with Gasteiger partial charge in [0.2, 0.25) is 5.75 Å². The minimum Gasteiger partial charge on any atom is -0.493 e. The Morgan fingerprint density at radius 3 is 2.29 bits per heavy atom. The van der Waals surface area contributed by atoms with Crippen LogP contribution in [0.25, 0.3) is 0 Å². The molecule has 28 heavy (non-hydrogen) atoms. The number of rotatable bonds is 9. The van der Waals surface area contributed by atoms with Gasteiger partial charge in [-0.3, -0.25) is 4.98 Å². The van der Waals surface area contributed by atoms with Gasteiger partial charge >= 0.3 is 0 Å². The lowest BCUT2D eigenvalue weighted by molar-refractivity contribution is 0.323. The number of ether oxygens (including phenoxy) is 3. The second-order valence-electron chi connectivity index (χ2n) is 6.56. The molecular formula is C22H26N2O3S. The molecule has 0 amide bonds. The second-order valence-corrected chi connectivity index (χ2v) is 7.34. The normalized spacial score (nSPS) is 11.9. The van der Waals surface area contributed by atoms with Crippen molar-refractivity contribution in [1.29, 1.82) is 0 Å². The van der Waals surface area contributed by atoms with Gasteiger partial charge in [-0.25, -0.2) is 0 Å². The number of thiophene rings is 1. The summed E-state index contributed by atoms with van der Waals surface area (Å²) >= 11 is 1.71. The molecule has 0 aliphatic carbocycles. The molecule has 0 bridgehead atoms. The van der Waals surface area contributed by atoms with Gasteiger partial charge in [0.25, 0.3) is 0 Å². The molecule has 148 valence electrons. The summed E-state index contributed by atoms with van der Waals surface area (Å²) in [7, 11) is 4.87. The van der Waals surface area contributed by atoms with Crippen molar-refractivity contribution in [2.75, 3.05) is 21.3 Å². The van der Waals surface area contributed by atoms with E-state index in [0.717, 1.165) is 23.2 Å². The lowest BCUT2D eigenvalue weighted by Crippen LogP contribution is -2.24. The van der Waals surface area contributed by atoms with E-state index in [0.29, 0.717) is 23.8 Å². The number of benzene rings is 1. The highest BCUT2D eigenvalue weighted by Crippen LogP contribution is 2.38. The molecule has 0 radical (unpaired) electrons. The van der Waals surface area contributed by atoms with Crippen LogP contribution in [0.15, 0.2) is 47.3 Å². The second kappa shape index (κ2) is 9.57. The minimum atomic E-state index is 0.106. The molecular weight excluding hydrogens is 372 g/mol. The zero-order chi connectivity index (χ0) is 19.9. The van der Waals surface area contributed by atoms with Crippen LogP contribution < -0.4 is 19.5 Å². The molecule has 2 heterocycles. The van der Waals surface area contributed by atoms with Gasteiger partial charge in [-0.2, -0.15) is 11.3 Å². The number of pyridine rings is 1. The Morgan fingerprint density at radius 2 is 1.75 bits per heavy atom. The molecule has 0 unspecified atom stereocenters. The van der Waals surface area contributed by atoms with Crippen molar-refractivity contribution in [3.05, 3.63) is 69.7 Å². The van der Waals surface area contributed by atoms with E-state index in [2.05, 4.69) is 39.3 Å². The zero-order valence-corrected chi connectivity index (χ0v) is 17.5. The maximum Gasteiger partial charge on any atom is 0.203 e. The van der Waals surface area contributed by atoms with E-state index in [-0.39, 0.29) is 6.04 Å². The number of nitrogens with zero attached hydrogens (tertiary/aromatic N) is 1. The molecule has 0 saturated heterocycles. The Labute approximate surface area is 170 Å². The van der Waals surface area contributed by atoms with Crippen molar-refractivity contribution in [2.24, 2.45) is 0 Å². The van der Waals surface area contributed by atoms with Crippen molar-refractivity contribution in [3.8, 4) is 17.2 Å². The predicted molar refractivity (Wildman–Crippen MR) is 113 cm³/mol. The van der Waals surface area contributed by atoms with E-state index in [9.17, 15) is 0 Å². The molecule has 1 N–H and O–H groups in total. The number of hydrogen-bond donors (Lipinski definition) is 1. The van der Waals surface area contributed by atoms with Gasteiger partial charge in [0, 0.05) is 12.7 Å². The van der Waals surface area contributed by atoms with E-state index >= 15 is 0 Å². The molecule has 0 aliphatic rings. The van der Waals surface area contributed by atoms with Crippen molar-refractivity contribution in [3.63, 3.8) is 0 Å². The van der Waals surface area contributed by atoms with E-state index in [1.165, 1.54) is 5.56 Å². The standard InChI is InChI=1S/C22H26N2O3S/c1-15-5-6-18(23-12-15)19(9-16-7-8-28-14-16)24-13-17-10-20(25-2)22(27-4)21(11-17)26-3/h5-8,10-12,14,19,24H,9,13H2,1-4H3/t19-/m1/s1. The summed E-state index contributed by atoms with van der Waals surface area (Å²) in [6.07, 6.45) is 2.79. The van der Waals surface area contributed by atoms with Crippen LogP contribution in [0.3, 0.4) is 0 Å². The third-order valence-electron chi connectivity index (χ3n) is 4.59. The van der Waals surface area contributed by atoms with Crippen molar-refractivity contribution in [2.45, 2.75) is 25.9 Å². The zero-order valence-electron chi connectivity index (χ0n) is 16.7. The number of methoxy groups -OCH3 is 3. The molecule has 6 heteroatoms. The van der Waals surface area contributed by atoms with Gasteiger partial charge in [0.1, 0.15) is 0 Å². The fraction of sp³-hybridized carbons (Fsp3) is 0.318. The van der Waals surface area contributed by atoms with E-state index in [4.69, 9.17) is 14.2 Å². The van der Waals surface area contributed by atoms with Crippen LogP contribution >= 0.6 is 11.3 Å². The predicted octanol–water partition coefficient (Wildman–Crippen LogP) is 4.55. The summed E-state index contributed by atoms with van der Waals surface area (Å²) < 4.78 is 16.3. The largest absolute Gasteiger partial charge is 0.493 e. The van der Waals surface area contributed by atoms with Crippen LogP contribution in [0.5, 0.6) is 17.2 Å². The highest BCUT2D eigenvalue weighted by Gasteiger charge is 2.17. The van der Waals surface area contributed by atoms with Gasteiger partial charge in [0.05, 0.1) is 33.1 Å². The Morgan fingerprint density at radius 1 is 1.00 bits per heavy atom. The maximum atomic E-state index is 5.47. The van der Waals surface area contributed by atoms with Gasteiger partial charge in [-0.1, -0.05) is 6.07 Å². The first-order valence-corrected chi connectivity index (χ1v) is 10.0. The molecule has 0 fully saturated rings. The van der Waals surface area contributed by atoms with Crippen LogP contribution in [-0.2, 0) is 13.0 Å². The average Bonchev–Trinajstić information content (AvgIpc) is 3.24. The van der Waals surface area contributed by atoms with Crippen LogP contribution in [0.4, 0.5) is 0 Å². The molecule has 3 aromatic rings. The van der Waals surface area contributed by atoms with Crippen molar-refractivity contribution in [1.82, 2.24) is 10.3 Å². The fourth-order valence-electron chi connectivity index (χ4n) is 3.09. The Kier molecular flexibility index (Phi) is 6.90. The minimum absolute atomic E-state index is 0.106. The van der Waals surface area contributed by atoms with Crippen LogP contribution in [0.2, 0.25) is 0 Å². The Bertz CT molecular complexity index is 854. The summed E-state index contributed by atoms with van der Waals surface area (Å²) in [5.41, 5.74) is 4.54. The SMILES string of the molecule is COc1cc(CN[C@H](Cc2ccsc2)c2ccc(C)cn2)cc(OC)c1OC. The summed E-state index contributed by atoms with van der Waals surface area (Å²) in [6.45, 7) is 2.70. The smallest absolute Gasteiger partial charge is 0.203 e. The maximum absolute atomic E-state index is 5.47. The fourth-order valence-corrected chi connectivity index (χ4v) is 3.77. The van der Waals surface area contributed by atoms with E-state index < -0.39 is 0 Å². The summed E-state index contributed by atoms with van der Waals surface area (Å²) in [5, 5.41) is 7.93. The molecule has 5 nitrogen and oxygen atoms in total. The monoisotopic (exact) mass is 398 g/mol. The average molecular weight is 399 g/mol. The third-order valence-corrected chi connectivity index (χ3v) is 5.32. The summed E-state index contributed by atoms with van der Waals surface area (Å²) in [4.78, 5) is 4.64. The van der Waals surface area contributed by atoms with E-state index in [1.807, 2.05) is 25.3 Å². The highest BCUT2D eigenvalue weighted by atomic mass is 32.1. The summed E-state index contributed by atoms with van der Waals surface area (Å²) in [5.74, 6) is 1.91. The highest BCUT2D eigenvalue weighted by molar-refractivity contribution is 7.07. The first kappa shape index (κ1) is 20.2. The third kappa shape index (κ3) is 4.82. The van der Waals surface area contributed by atoms with Crippen LogP contribution in [0, 0.1) is 6.92 Å². The molecule has 1 atom stereocenters. The lowest BCUT2D eigenvalue weighted by atomic mass is 10.0. The molecule has 0 saturated carbocycles. The molecule has 1 aromatic carbocycles. The van der Waals surface area contributed by atoms with Gasteiger partial charge in [0.15, 0.2) is 11.5 Å². The summed E-state index contributed by atoms with van der Waals surface area (Å²) in [6, 6.07) is 10.4. The molecule has 0 spiro atoms. The first-order chi connectivity index (χ1) is 13.6. The van der Waals surface area contributed by atoms with Gasteiger partial charge in [-0.15, -0.1) is 0 Å². The number of aromatic nitrogens is 1. The lowest BCUT2D eigenvalue weighted by Gasteiger charge is -2.19. The van der Waals surface area contributed by atoms with Gasteiger partial charge < -0.3 is 19.5 Å². The Hall–Kier alpha value is -2.57. The van der Waals surface area contributed by atoms with Crippen molar-refractivity contribution >= 4 is 11.3 Å². The first-order valence-electron chi connectivity index (χ1n) is 9.10. The molecule has 0 aliphatic heterocycles. The van der Waals surface area contributed by atoms with E-state index in [1.54, 1.807) is 32.7 Å².